The zero-order valence-electron chi connectivity index (χ0n) is 16.2. The molecule has 0 radical (unpaired) electrons. The largest absolute Gasteiger partial charge is 0.484 e. The van der Waals surface area contributed by atoms with Gasteiger partial charge in [-0.1, -0.05) is 12.1 Å². The lowest BCUT2D eigenvalue weighted by molar-refractivity contribution is -0.384. The molecule has 0 spiro atoms. The van der Waals surface area contributed by atoms with Crippen molar-refractivity contribution in [2.24, 2.45) is 4.99 Å². The second-order valence-electron chi connectivity index (χ2n) is 6.13. The summed E-state index contributed by atoms with van der Waals surface area (Å²) in [5, 5.41) is 20.0. The lowest BCUT2D eigenvalue weighted by Crippen LogP contribution is -2.39. The summed E-state index contributed by atoms with van der Waals surface area (Å²) in [6.07, 6.45) is -4.37. The Morgan fingerprint density at radius 3 is 2.30 bits per heavy atom. The highest BCUT2D eigenvalue weighted by Gasteiger charge is 2.28. The highest BCUT2D eigenvalue weighted by atomic mass is 19.4. The average Bonchev–Trinajstić information content (AvgIpc) is 2.72. The maximum atomic E-state index is 12.2. The average molecular weight is 425 g/mol. The smallest absolute Gasteiger partial charge is 0.422 e. The number of nitrogens with one attached hydrogen (secondary N) is 3. The SMILES string of the molecule is CN=C(NCCNc1ccc([N+](=O)[O-])cc1)NCc1ccc(OCC(F)(F)F)cc1. The van der Waals surface area contributed by atoms with E-state index in [1.807, 2.05) is 0 Å². The minimum absolute atomic E-state index is 0.0308. The summed E-state index contributed by atoms with van der Waals surface area (Å²) in [6.45, 7) is 0.203. The Morgan fingerprint density at radius 2 is 1.73 bits per heavy atom. The van der Waals surface area contributed by atoms with Crippen molar-refractivity contribution in [3.63, 3.8) is 0 Å². The molecule has 0 fully saturated rings. The van der Waals surface area contributed by atoms with Gasteiger partial charge in [-0.2, -0.15) is 13.2 Å². The van der Waals surface area contributed by atoms with Gasteiger partial charge in [-0.25, -0.2) is 0 Å². The third-order valence-electron chi connectivity index (χ3n) is 3.83. The van der Waals surface area contributed by atoms with Crippen LogP contribution in [0.5, 0.6) is 5.75 Å². The van der Waals surface area contributed by atoms with Crippen molar-refractivity contribution in [1.82, 2.24) is 10.6 Å². The number of guanidine groups is 1. The third kappa shape index (κ3) is 8.25. The van der Waals surface area contributed by atoms with Crippen LogP contribution < -0.4 is 20.7 Å². The van der Waals surface area contributed by atoms with Crippen molar-refractivity contribution in [3.8, 4) is 5.75 Å². The molecule has 2 aromatic rings. The van der Waals surface area contributed by atoms with E-state index in [1.54, 1.807) is 31.3 Å². The molecule has 0 aliphatic rings. The first-order valence-electron chi connectivity index (χ1n) is 8.98. The molecule has 0 aliphatic carbocycles. The minimum atomic E-state index is -4.37. The van der Waals surface area contributed by atoms with Crippen molar-refractivity contribution in [1.29, 1.82) is 0 Å². The molecule has 0 aliphatic heterocycles. The number of hydrogen-bond donors (Lipinski definition) is 3. The van der Waals surface area contributed by atoms with E-state index in [1.165, 1.54) is 24.3 Å². The molecule has 0 heterocycles. The Balaban J connectivity index is 1.70. The molecule has 0 amide bonds. The number of halogens is 3. The fraction of sp³-hybridized carbons (Fsp3) is 0.316. The number of non-ortho nitro benzene ring substituents is 1. The minimum Gasteiger partial charge on any atom is -0.484 e. The quantitative estimate of drug-likeness (QED) is 0.187. The number of nitro benzene ring substituents is 1. The molecule has 11 heteroatoms. The van der Waals surface area contributed by atoms with Gasteiger partial charge in [0.2, 0.25) is 0 Å². The Morgan fingerprint density at radius 1 is 1.07 bits per heavy atom. The number of anilines is 1. The number of rotatable bonds is 9. The number of nitro groups is 1. The first kappa shape index (κ1) is 22.8. The van der Waals surface area contributed by atoms with Gasteiger partial charge in [-0.05, 0) is 29.8 Å². The highest BCUT2D eigenvalue weighted by molar-refractivity contribution is 5.79. The predicted molar refractivity (Wildman–Crippen MR) is 108 cm³/mol. The van der Waals surface area contributed by atoms with Crippen molar-refractivity contribution < 1.29 is 22.8 Å². The van der Waals surface area contributed by atoms with Gasteiger partial charge in [0.25, 0.3) is 5.69 Å². The molecule has 2 aromatic carbocycles. The van der Waals surface area contributed by atoms with E-state index in [4.69, 9.17) is 0 Å². The fourth-order valence-corrected chi connectivity index (χ4v) is 2.36. The number of hydrogen-bond acceptors (Lipinski definition) is 5. The molecule has 8 nitrogen and oxygen atoms in total. The molecule has 2 rings (SSSR count). The van der Waals surface area contributed by atoms with Crippen LogP contribution in [0.3, 0.4) is 0 Å². The summed E-state index contributed by atoms with van der Waals surface area (Å²) in [6, 6.07) is 12.4. The second kappa shape index (κ2) is 10.9. The van der Waals surface area contributed by atoms with Crippen LogP contribution in [-0.2, 0) is 6.54 Å². The lowest BCUT2D eigenvalue weighted by atomic mass is 10.2. The Kier molecular flexibility index (Phi) is 8.27. The Labute approximate surface area is 171 Å². The van der Waals surface area contributed by atoms with E-state index in [0.717, 1.165) is 11.3 Å². The molecule has 30 heavy (non-hydrogen) atoms. The van der Waals surface area contributed by atoms with Crippen LogP contribution in [0.15, 0.2) is 53.5 Å². The van der Waals surface area contributed by atoms with E-state index in [-0.39, 0.29) is 11.4 Å². The summed E-state index contributed by atoms with van der Waals surface area (Å²) < 4.78 is 41.1. The standard InChI is InChI=1S/C19H22F3N5O3/c1-23-18(25-11-10-24-15-4-6-16(7-5-15)27(28)29)26-12-14-2-8-17(9-3-14)30-13-19(20,21)22/h2-9,24H,10-13H2,1H3,(H2,23,25,26). The molecular weight excluding hydrogens is 403 g/mol. The summed E-state index contributed by atoms with van der Waals surface area (Å²) in [4.78, 5) is 14.3. The van der Waals surface area contributed by atoms with Crippen LogP contribution in [-0.4, -0.2) is 43.8 Å². The summed E-state index contributed by atoms with van der Waals surface area (Å²) in [7, 11) is 1.62. The number of ether oxygens (including phenoxy) is 1. The van der Waals surface area contributed by atoms with Gasteiger partial charge in [0.15, 0.2) is 12.6 Å². The molecule has 0 aromatic heterocycles. The highest BCUT2D eigenvalue weighted by Crippen LogP contribution is 2.19. The van der Waals surface area contributed by atoms with Crippen LogP contribution >= 0.6 is 0 Å². The van der Waals surface area contributed by atoms with Crippen molar-refractivity contribution >= 4 is 17.3 Å². The number of aliphatic imine (C=N–C) groups is 1. The molecular formula is C19H22F3N5O3. The van der Waals surface area contributed by atoms with E-state index in [0.29, 0.717) is 25.6 Å². The van der Waals surface area contributed by atoms with Crippen LogP contribution in [0, 0.1) is 10.1 Å². The number of nitrogens with zero attached hydrogens (tertiary/aromatic N) is 2. The van der Waals surface area contributed by atoms with Gasteiger partial charge in [0.1, 0.15) is 5.75 Å². The van der Waals surface area contributed by atoms with Crippen molar-refractivity contribution in [3.05, 3.63) is 64.2 Å². The number of benzene rings is 2. The zero-order valence-corrected chi connectivity index (χ0v) is 16.2. The second-order valence-corrected chi connectivity index (χ2v) is 6.13. The first-order valence-corrected chi connectivity index (χ1v) is 8.98. The van der Waals surface area contributed by atoms with Gasteiger partial charge >= 0.3 is 6.18 Å². The maximum Gasteiger partial charge on any atom is 0.422 e. The third-order valence-corrected chi connectivity index (χ3v) is 3.83. The molecule has 162 valence electrons. The maximum absolute atomic E-state index is 12.2. The zero-order chi connectivity index (χ0) is 22.0. The molecule has 0 unspecified atom stereocenters. The van der Waals surface area contributed by atoms with Gasteiger partial charge < -0.3 is 20.7 Å². The summed E-state index contributed by atoms with van der Waals surface area (Å²) in [5.41, 5.74) is 1.64. The van der Waals surface area contributed by atoms with E-state index in [2.05, 4.69) is 25.7 Å². The fourth-order valence-electron chi connectivity index (χ4n) is 2.36. The molecule has 0 bridgehead atoms. The van der Waals surface area contributed by atoms with Crippen molar-refractivity contribution in [2.75, 3.05) is 32.1 Å². The van der Waals surface area contributed by atoms with Gasteiger partial charge in [-0.3, -0.25) is 15.1 Å². The molecule has 0 atom stereocenters. The van der Waals surface area contributed by atoms with Gasteiger partial charge in [-0.15, -0.1) is 0 Å². The van der Waals surface area contributed by atoms with Crippen LogP contribution in [0.2, 0.25) is 0 Å². The Hall–Kier alpha value is -3.50. The lowest BCUT2D eigenvalue weighted by Gasteiger charge is -2.13. The Bertz CT molecular complexity index is 840. The van der Waals surface area contributed by atoms with Gasteiger partial charge in [0.05, 0.1) is 4.92 Å². The van der Waals surface area contributed by atoms with E-state index >= 15 is 0 Å². The number of alkyl halides is 3. The molecule has 3 N–H and O–H groups in total. The normalized spacial score (nSPS) is 11.7. The first-order chi connectivity index (χ1) is 14.3. The van der Waals surface area contributed by atoms with Crippen LogP contribution in [0.25, 0.3) is 0 Å². The summed E-state index contributed by atoms with van der Waals surface area (Å²) >= 11 is 0. The van der Waals surface area contributed by atoms with Crippen LogP contribution in [0.1, 0.15) is 5.56 Å². The predicted octanol–water partition coefficient (Wildman–Crippen LogP) is 3.31. The monoisotopic (exact) mass is 425 g/mol. The molecule has 0 saturated carbocycles. The van der Waals surface area contributed by atoms with E-state index in [9.17, 15) is 23.3 Å². The topological polar surface area (TPSA) is 101 Å². The molecule has 0 saturated heterocycles. The summed E-state index contributed by atoms with van der Waals surface area (Å²) in [5.74, 6) is 0.703. The van der Waals surface area contributed by atoms with Crippen molar-refractivity contribution in [2.45, 2.75) is 12.7 Å². The van der Waals surface area contributed by atoms with Crippen LogP contribution in [0.4, 0.5) is 24.5 Å². The van der Waals surface area contributed by atoms with E-state index < -0.39 is 17.7 Å². The van der Waals surface area contributed by atoms with Gasteiger partial charge in [0, 0.05) is 44.5 Å².